The largest absolute Gasteiger partial charge is 0.459 e. The van der Waals surface area contributed by atoms with Gasteiger partial charge in [0.1, 0.15) is 25.6 Å². The molecule has 0 bridgehead atoms. The van der Waals surface area contributed by atoms with Gasteiger partial charge in [-0.1, -0.05) is 49.2 Å². The van der Waals surface area contributed by atoms with E-state index in [2.05, 4.69) is 20.3 Å². The lowest BCUT2D eigenvalue weighted by molar-refractivity contribution is -0.0667. The van der Waals surface area contributed by atoms with E-state index in [4.69, 9.17) is 14.2 Å². The van der Waals surface area contributed by atoms with Crippen LogP contribution in [0.5, 0.6) is 0 Å². The van der Waals surface area contributed by atoms with E-state index in [1.165, 1.54) is 6.33 Å². The molecular formula is C30H28FN5O6. The molecule has 3 heterocycles. The molecule has 12 heteroatoms. The lowest BCUT2D eigenvalue weighted by Crippen LogP contribution is -2.46. The van der Waals surface area contributed by atoms with Crippen molar-refractivity contribution in [1.82, 2.24) is 19.5 Å². The van der Waals surface area contributed by atoms with Crippen LogP contribution in [0, 0.1) is 0 Å². The molecule has 1 aliphatic heterocycles. The first-order chi connectivity index (χ1) is 20.5. The maximum Gasteiger partial charge on any atom is 0.338 e. The van der Waals surface area contributed by atoms with Gasteiger partial charge < -0.3 is 19.5 Å². The Balaban J connectivity index is 1.34. The molecule has 1 saturated carbocycles. The first-order valence-corrected chi connectivity index (χ1v) is 13.7. The molecule has 4 aromatic rings. The molecular weight excluding hydrogens is 545 g/mol. The quantitative estimate of drug-likeness (QED) is 0.230. The zero-order chi connectivity index (χ0) is 29.1. The fraction of sp³-hybridized carbons (Fsp3) is 0.333. The summed E-state index contributed by atoms with van der Waals surface area (Å²) in [6, 6.07) is 16.6. The standard InChI is InChI=1S/C30H28FN5O6/c31-30(36-18-32-24-26(33-21-13-7-8-14-21)34-23(15-37)35-27(24)36)17-41-22(16-40-28(38)19-9-3-1-4-10-19)25(30)42-29(39)20-11-5-2-6-12-20/h1-6,9-12,15,18,21-22,25H,7-8,13-14,16-17H2,(H,33,34,35)/t22-,25-,30?/m1/s1. The number of hydrogen-bond donors (Lipinski definition) is 1. The Morgan fingerprint density at radius 1 is 1.02 bits per heavy atom. The van der Waals surface area contributed by atoms with E-state index in [-0.39, 0.29) is 35.2 Å². The number of carbonyl (C=O) groups is 3. The fourth-order valence-corrected chi connectivity index (χ4v) is 5.37. The summed E-state index contributed by atoms with van der Waals surface area (Å²) in [5.41, 5.74) is 0.801. The van der Waals surface area contributed by atoms with Crippen LogP contribution in [0.2, 0.25) is 0 Å². The van der Waals surface area contributed by atoms with E-state index in [0.717, 1.165) is 30.3 Å². The van der Waals surface area contributed by atoms with Crippen molar-refractivity contribution < 1.29 is 33.0 Å². The van der Waals surface area contributed by atoms with Crippen LogP contribution >= 0.6 is 0 Å². The molecule has 1 saturated heterocycles. The molecule has 1 N–H and O–H groups in total. The van der Waals surface area contributed by atoms with Crippen LogP contribution in [0.4, 0.5) is 10.2 Å². The van der Waals surface area contributed by atoms with E-state index in [9.17, 15) is 14.4 Å². The first kappa shape index (κ1) is 27.5. The van der Waals surface area contributed by atoms with Gasteiger partial charge in [-0.05, 0) is 37.1 Å². The Kier molecular flexibility index (Phi) is 7.62. The second-order valence-electron chi connectivity index (χ2n) is 10.3. The van der Waals surface area contributed by atoms with Crippen LogP contribution in [-0.4, -0.2) is 69.2 Å². The SMILES string of the molecule is O=Cc1nc(NC2CCCC2)c2ncn(C3(F)CO[C@H](COC(=O)c4ccccc4)[C@H]3OC(=O)c3ccccc3)c2n1. The number of aldehydes is 1. The number of halogens is 1. The molecule has 2 aromatic carbocycles. The third kappa shape index (κ3) is 5.32. The number of carbonyl (C=O) groups excluding carboxylic acids is 3. The summed E-state index contributed by atoms with van der Waals surface area (Å²) < 4.78 is 35.2. The monoisotopic (exact) mass is 573 g/mol. The fourth-order valence-electron chi connectivity index (χ4n) is 5.37. The summed E-state index contributed by atoms with van der Waals surface area (Å²) in [6.07, 6.45) is 2.98. The number of esters is 2. The lowest BCUT2D eigenvalue weighted by Gasteiger charge is -2.29. The van der Waals surface area contributed by atoms with E-state index < -0.39 is 36.5 Å². The molecule has 0 radical (unpaired) electrons. The Labute approximate surface area is 240 Å². The lowest BCUT2D eigenvalue weighted by atomic mass is 10.1. The average Bonchev–Trinajstić information content (AvgIpc) is 3.77. The van der Waals surface area contributed by atoms with Gasteiger partial charge in [-0.15, -0.1) is 0 Å². The van der Waals surface area contributed by atoms with Crippen LogP contribution in [0.15, 0.2) is 67.0 Å². The average molecular weight is 574 g/mol. The molecule has 0 spiro atoms. The van der Waals surface area contributed by atoms with Crippen molar-refractivity contribution in [2.45, 2.75) is 49.7 Å². The summed E-state index contributed by atoms with van der Waals surface area (Å²) in [4.78, 5) is 50.4. The summed E-state index contributed by atoms with van der Waals surface area (Å²) in [6.45, 7) is -0.952. The summed E-state index contributed by atoms with van der Waals surface area (Å²) in [7, 11) is 0. The minimum atomic E-state index is -2.51. The highest BCUT2D eigenvalue weighted by Crippen LogP contribution is 2.39. The van der Waals surface area contributed by atoms with Crippen LogP contribution in [0.25, 0.3) is 11.2 Å². The number of nitrogens with zero attached hydrogens (tertiary/aromatic N) is 4. The van der Waals surface area contributed by atoms with E-state index >= 15 is 4.39 Å². The Morgan fingerprint density at radius 2 is 1.69 bits per heavy atom. The highest BCUT2D eigenvalue weighted by Gasteiger charge is 2.56. The number of anilines is 1. The maximum atomic E-state index is 17.2. The van der Waals surface area contributed by atoms with Gasteiger partial charge in [0.05, 0.1) is 11.1 Å². The van der Waals surface area contributed by atoms with Crippen LogP contribution in [-0.2, 0) is 20.0 Å². The zero-order valence-corrected chi connectivity index (χ0v) is 22.5. The molecule has 2 aromatic heterocycles. The molecule has 1 unspecified atom stereocenters. The van der Waals surface area contributed by atoms with Crippen LogP contribution < -0.4 is 5.32 Å². The molecule has 6 rings (SSSR count). The topological polar surface area (TPSA) is 135 Å². The van der Waals surface area contributed by atoms with Crippen molar-refractivity contribution in [3.8, 4) is 0 Å². The number of nitrogens with one attached hydrogen (secondary N) is 1. The smallest absolute Gasteiger partial charge is 0.338 e. The van der Waals surface area contributed by atoms with E-state index in [0.29, 0.717) is 17.7 Å². The number of benzene rings is 2. The molecule has 11 nitrogen and oxygen atoms in total. The van der Waals surface area contributed by atoms with E-state index in [1.807, 2.05) is 0 Å². The highest BCUT2D eigenvalue weighted by atomic mass is 19.1. The normalized spacial score (nSPS) is 22.2. The second-order valence-corrected chi connectivity index (χ2v) is 10.3. The van der Waals surface area contributed by atoms with E-state index in [1.54, 1.807) is 60.7 Å². The van der Waals surface area contributed by atoms with Gasteiger partial charge in [0.15, 0.2) is 35.2 Å². The summed E-state index contributed by atoms with van der Waals surface area (Å²) >= 11 is 0. The van der Waals surface area contributed by atoms with Crippen molar-refractivity contribution in [3.63, 3.8) is 0 Å². The minimum Gasteiger partial charge on any atom is -0.459 e. The van der Waals surface area contributed by atoms with Crippen molar-refractivity contribution in [2.24, 2.45) is 0 Å². The Morgan fingerprint density at radius 3 is 2.36 bits per heavy atom. The Bertz CT molecular complexity index is 1590. The van der Waals surface area contributed by atoms with Gasteiger partial charge in [-0.25, -0.2) is 28.9 Å². The van der Waals surface area contributed by atoms with Gasteiger partial charge >= 0.3 is 11.9 Å². The molecule has 42 heavy (non-hydrogen) atoms. The number of aromatic nitrogens is 4. The number of hydrogen-bond acceptors (Lipinski definition) is 10. The third-order valence-electron chi connectivity index (χ3n) is 7.52. The molecule has 1 aliphatic carbocycles. The highest BCUT2D eigenvalue weighted by molar-refractivity contribution is 5.90. The number of ether oxygens (including phenoxy) is 3. The van der Waals surface area contributed by atoms with Crippen LogP contribution in [0.1, 0.15) is 57.0 Å². The molecule has 2 aliphatic rings. The molecule has 3 atom stereocenters. The van der Waals surface area contributed by atoms with Gasteiger partial charge in [-0.2, -0.15) is 0 Å². The number of rotatable bonds is 9. The first-order valence-electron chi connectivity index (χ1n) is 13.7. The minimum absolute atomic E-state index is 0.0291. The third-order valence-corrected chi connectivity index (χ3v) is 7.52. The predicted molar refractivity (Wildman–Crippen MR) is 148 cm³/mol. The predicted octanol–water partition coefficient (Wildman–Crippen LogP) is 4.10. The molecule has 216 valence electrons. The van der Waals surface area contributed by atoms with Gasteiger partial charge in [0.25, 0.3) is 5.79 Å². The number of alkyl halides is 1. The van der Waals surface area contributed by atoms with Crippen molar-refractivity contribution in [2.75, 3.05) is 18.5 Å². The molecule has 0 amide bonds. The number of imidazole rings is 1. The Hall–Kier alpha value is -4.71. The van der Waals surface area contributed by atoms with Crippen molar-refractivity contribution in [1.29, 1.82) is 0 Å². The van der Waals surface area contributed by atoms with Crippen LogP contribution in [0.3, 0.4) is 0 Å². The van der Waals surface area contributed by atoms with Gasteiger partial charge in [0.2, 0.25) is 0 Å². The second kappa shape index (κ2) is 11.6. The maximum absolute atomic E-state index is 17.2. The zero-order valence-electron chi connectivity index (χ0n) is 22.5. The number of fused-ring (bicyclic) bond motifs is 1. The van der Waals surface area contributed by atoms with Crippen molar-refractivity contribution >= 4 is 35.2 Å². The molecule has 2 fully saturated rings. The van der Waals surface area contributed by atoms with Gasteiger partial charge in [-0.3, -0.25) is 9.36 Å². The van der Waals surface area contributed by atoms with Crippen molar-refractivity contribution in [3.05, 3.63) is 83.9 Å². The summed E-state index contributed by atoms with van der Waals surface area (Å²) in [5.74, 6) is -3.77. The van der Waals surface area contributed by atoms with Gasteiger partial charge in [0, 0.05) is 6.04 Å². The summed E-state index contributed by atoms with van der Waals surface area (Å²) in [5, 5.41) is 3.31.